The summed E-state index contributed by atoms with van der Waals surface area (Å²) < 4.78 is 18.6. The number of hydrazine groups is 1. The van der Waals surface area contributed by atoms with Gasteiger partial charge in [0.1, 0.15) is 11.6 Å². The van der Waals surface area contributed by atoms with Crippen LogP contribution >= 0.6 is 0 Å². The highest BCUT2D eigenvalue weighted by molar-refractivity contribution is 5.80. The molecule has 1 heterocycles. The lowest BCUT2D eigenvalue weighted by Crippen LogP contribution is -2.36. The number of nitrogens with one attached hydrogen (secondary N) is 3. The molecule has 3 rings (SSSR count). The fourth-order valence-corrected chi connectivity index (χ4v) is 3.15. The number of rotatable bonds is 6. The summed E-state index contributed by atoms with van der Waals surface area (Å²) in [7, 11) is 0. The smallest absolute Gasteiger partial charge is 0.226 e. The largest absolute Gasteiger partial charge is 0.494 e. The van der Waals surface area contributed by atoms with Crippen molar-refractivity contribution < 1.29 is 13.9 Å². The van der Waals surface area contributed by atoms with Crippen molar-refractivity contribution >= 4 is 5.91 Å². The highest BCUT2D eigenvalue weighted by Gasteiger charge is 2.34. The number of ether oxygens (including phenoxy) is 1. The van der Waals surface area contributed by atoms with Gasteiger partial charge >= 0.3 is 0 Å². The molecular weight excluding hydrogens is 333 g/mol. The molecule has 0 aromatic heterocycles. The van der Waals surface area contributed by atoms with E-state index >= 15 is 0 Å². The minimum Gasteiger partial charge on any atom is -0.494 e. The van der Waals surface area contributed by atoms with E-state index in [1.165, 1.54) is 12.1 Å². The highest BCUT2D eigenvalue weighted by Crippen LogP contribution is 2.26. The maximum absolute atomic E-state index is 13.1. The number of amides is 1. The number of halogens is 1. The summed E-state index contributed by atoms with van der Waals surface area (Å²) in [5, 5.41) is 3.07. The molecule has 1 aliphatic rings. The van der Waals surface area contributed by atoms with Crippen LogP contribution in [0.1, 0.15) is 37.1 Å². The van der Waals surface area contributed by atoms with E-state index in [9.17, 15) is 9.18 Å². The van der Waals surface area contributed by atoms with Gasteiger partial charge in [-0.3, -0.25) is 10.2 Å². The molecule has 1 amide bonds. The Balaban J connectivity index is 1.65. The number of carbonyl (C=O) groups is 1. The molecule has 0 bridgehead atoms. The molecule has 2 aromatic rings. The van der Waals surface area contributed by atoms with Crippen molar-refractivity contribution in [3.63, 3.8) is 0 Å². The van der Waals surface area contributed by atoms with E-state index in [1.54, 1.807) is 12.1 Å². The molecule has 3 atom stereocenters. The SMILES string of the molecule is CCOc1ccc(C(C)NC(=O)C2CNNC2c2ccc(F)cc2)cc1. The van der Waals surface area contributed by atoms with E-state index in [0.717, 1.165) is 16.9 Å². The summed E-state index contributed by atoms with van der Waals surface area (Å²) >= 11 is 0. The molecule has 2 aromatic carbocycles. The summed E-state index contributed by atoms with van der Waals surface area (Å²) in [4.78, 5) is 12.8. The van der Waals surface area contributed by atoms with Crippen LogP contribution in [0.25, 0.3) is 0 Å². The number of carbonyl (C=O) groups excluding carboxylic acids is 1. The Morgan fingerprint density at radius 1 is 1.23 bits per heavy atom. The monoisotopic (exact) mass is 357 g/mol. The van der Waals surface area contributed by atoms with Crippen LogP contribution in [0.4, 0.5) is 4.39 Å². The summed E-state index contributed by atoms with van der Waals surface area (Å²) in [5.74, 6) is 0.212. The van der Waals surface area contributed by atoms with Gasteiger partial charge < -0.3 is 10.1 Å². The molecule has 0 saturated carbocycles. The van der Waals surface area contributed by atoms with Crippen molar-refractivity contribution in [2.75, 3.05) is 13.2 Å². The molecule has 3 N–H and O–H groups in total. The molecular formula is C20H24FN3O2. The second-order valence-corrected chi connectivity index (χ2v) is 6.39. The third-order valence-electron chi connectivity index (χ3n) is 4.60. The third kappa shape index (κ3) is 4.20. The van der Waals surface area contributed by atoms with Crippen molar-refractivity contribution in [2.45, 2.75) is 25.9 Å². The number of benzene rings is 2. The van der Waals surface area contributed by atoms with Gasteiger partial charge in [-0.25, -0.2) is 9.82 Å². The fraction of sp³-hybridized carbons (Fsp3) is 0.350. The van der Waals surface area contributed by atoms with E-state index in [-0.39, 0.29) is 29.7 Å². The van der Waals surface area contributed by atoms with Gasteiger partial charge in [-0.2, -0.15) is 0 Å². The molecule has 3 unspecified atom stereocenters. The first-order valence-corrected chi connectivity index (χ1v) is 8.85. The Bertz CT molecular complexity index is 734. The molecule has 1 aliphatic heterocycles. The van der Waals surface area contributed by atoms with Gasteiger partial charge in [0, 0.05) is 6.54 Å². The van der Waals surface area contributed by atoms with Gasteiger partial charge in [0.2, 0.25) is 5.91 Å². The minimum absolute atomic E-state index is 0.0433. The summed E-state index contributed by atoms with van der Waals surface area (Å²) in [5.41, 5.74) is 8.03. The topological polar surface area (TPSA) is 62.4 Å². The molecule has 1 saturated heterocycles. The Morgan fingerprint density at radius 3 is 2.58 bits per heavy atom. The first-order valence-electron chi connectivity index (χ1n) is 8.85. The summed E-state index contributed by atoms with van der Waals surface area (Å²) in [6.07, 6.45) is 0. The zero-order chi connectivity index (χ0) is 18.5. The van der Waals surface area contributed by atoms with Gasteiger partial charge in [0.15, 0.2) is 0 Å². The summed E-state index contributed by atoms with van der Waals surface area (Å²) in [6.45, 7) is 5.04. The average Bonchev–Trinajstić information content (AvgIpc) is 3.13. The normalized spacial score (nSPS) is 20.6. The second kappa shape index (κ2) is 8.29. The Morgan fingerprint density at radius 2 is 1.92 bits per heavy atom. The van der Waals surface area contributed by atoms with Crippen LogP contribution in [0.2, 0.25) is 0 Å². The van der Waals surface area contributed by atoms with E-state index in [0.29, 0.717) is 13.2 Å². The average molecular weight is 357 g/mol. The molecule has 0 spiro atoms. The maximum Gasteiger partial charge on any atom is 0.226 e. The Kier molecular flexibility index (Phi) is 5.85. The summed E-state index contributed by atoms with van der Waals surface area (Å²) in [6, 6.07) is 13.6. The number of hydrogen-bond acceptors (Lipinski definition) is 4. The molecule has 1 fully saturated rings. The molecule has 138 valence electrons. The molecule has 0 radical (unpaired) electrons. The molecule has 0 aliphatic carbocycles. The third-order valence-corrected chi connectivity index (χ3v) is 4.60. The molecule has 5 nitrogen and oxygen atoms in total. The first-order chi connectivity index (χ1) is 12.6. The van der Waals surface area contributed by atoms with Crippen LogP contribution in [0.5, 0.6) is 5.75 Å². The Hall–Kier alpha value is -2.44. The zero-order valence-corrected chi connectivity index (χ0v) is 15.0. The van der Waals surface area contributed by atoms with Gasteiger partial charge in [-0.05, 0) is 49.2 Å². The van der Waals surface area contributed by atoms with Crippen LogP contribution < -0.4 is 20.9 Å². The van der Waals surface area contributed by atoms with Crippen molar-refractivity contribution in [1.82, 2.24) is 16.2 Å². The van der Waals surface area contributed by atoms with Crippen LogP contribution in [0, 0.1) is 11.7 Å². The predicted octanol–water partition coefficient (Wildman–Crippen LogP) is 2.87. The lowest BCUT2D eigenvalue weighted by molar-refractivity contribution is -0.125. The minimum atomic E-state index is -0.287. The van der Waals surface area contributed by atoms with Gasteiger partial charge in [-0.15, -0.1) is 0 Å². The van der Waals surface area contributed by atoms with Crippen LogP contribution in [0.3, 0.4) is 0 Å². The van der Waals surface area contributed by atoms with E-state index in [4.69, 9.17) is 4.74 Å². The van der Waals surface area contributed by atoms with Gasteiger partial charge in [-0.1, -0.05) is 24.3 Å². The van der Waals surface area contributed by atoms with Crippen molar-refractivity contribution in [3.05, 3.63) is 65.5 Å². The zero-order valence-electron chi connectivity index (χ0n) is 15.0. The Labute approximate surface area is 152 Å². The highest BCUT2D eigenvalue weighted by atomic mass is 19.1. The van der Waals surface area contributed by atoms with Gasteiger partial charge in [0.05, 0.1) is 24.6 Å². The predicted molar refractivity (Wildman–Crippen MR) is 97.9 cm³/mol. The van der Waals surface area contributed by atoms with E-state index < -0.39 is 0 Å². The van der Waals surface area contributed by atoms with Crippen molar-refractivity contribution in [1.29, 1.82) is 0 Å². The quantitative estimate of drug-likeness (QED) is 0.744. The van der Waals surface area contributed by atoms with Gasteiger partial charge in [0.25, 0.3) is 0 Å². The molecule has 26 heavy (non-hydrogen) atoms. The lowest BCUT2D eigenvalue weighted by atomic mass is 9.93. The second-order valence-electron chi connectivity index (χ2n) is 6.39. The lowest BCUT2D eigenvalue weighted by Gasteiger charge is -2.21. The fourth-order valence-electron chi connectivity index (χ4n) is 3.15. The maximum atomic E-state index is 13.1. The first kappa shape index (κ1) is 18.4. The van der Waals surface area contributed by atoms with Crippen molar-refractivity contribution in [3.8, 4) is 5.75 Å². The van der Waals surface area contributed by atoms with Crippen LogP contribution in [-0.2, 0) is 4.79 Å². The van der Waals surface area contributed by atoms with Crippen molar-refractivity contribution in [2.24, 2.45) is 5.92 Å². The van der Waals surface area contributed by atoms with Crippen LogP contribution in [-0.4, -0.2) is 19.1 Å². The standard InChI is InChI=1S/C20H24FN3O2/c1-3-26-17-10-6-14(7-11-17)13(2)23-20(25)18-12-22-24-19(18)15-4-8-16(21)9-5-15/h4-11,13,18-19,22,24H,3,12H2,1-2H3,(H,23,25). The molecule has 6 heteroatoms. The van der Waals surface area contributed by atoms with E-state index in [1.807, 2.05) is 38.1 Å². The number of hydrogen-bond donors (Lipinski definition) is 3. The van der Waals surface area contributed by atoms with E-state index in [2.05, 4.69) is 16.2 Å². The van der Waals surface area contributed by atoms with Crippen LogP contribution in [0.15, 0.2) is 48.5 Å².